The van der Waals surface area contributed by atoms with E-state index < -0.39 is 0 Å². The zero-order valence-electron chi connectivity index (χ0n) is 10.6. The summed E-state index contributed by atoms with van der Waals surface area (Å²) >= 11 is 3.80. The summed E-state index contributed by atoms with van der Waals surface area (Å²) in [6, 6.07) is 4.68. The number of likely N-dealkylation sites (N-methyl/N-ethyl adjacent to an activating group) is 1. The highest BCUT2D eigenvalue weighted by atomic mass is 32.2. The van der Waals surface area contributed by atoms with Gasteiger partial charge in [0, 0.05) is 40.3 Å². The minimum Gasteiger partial charge on any atom is -0.391 e. The van der Waals surface area contributed by atoms with E-state index >= 15 is 0 Å². The molecule has 1 aliphatic rings. The Labute approximate surface area is 112 Å². The quantitative estimate of drug-likeness (QED) is 0.909. The van der Waals surface area contributed by atoms with E-state index in [1.54, 1.807) is 0 Å². The van der Waals surface area contributed by atoms with Crippen molar-refractivity contribution in [2.75, 3.05) is 25.1 Å². The zero-order chi connectivity index (χ0) is 12.3. The van der Waals surface area contributed by atoms with Crippen molar-refractivity contribution in [1.82, 2.24) is 4.90 Å². The number of hydrogen-bond acceptors (Lipinski definition) is 4. The highest BCUT2D eigenvalue weighted by Crippen LogP contribution is 2.23. The van der Waals surface area contributed by atoms with E-state index in [1.165, 1.54) is 15.5 Å². The number of aliphatic hydroxyl groups is 1. The second-order valence-electron chi connectivity index (χ2n) is 4.62. The highest BCUT2D eigenvalue weighted by molar-refractivity contribution is 7.99. The Morgan fingerprint density at radius 1 is 1.47 bits per heavy atom. The predicted molar refractivity (Wildman–Crippen MR) is 77.2 cm³/mol. The van der Waals surface area contributed by atoms with Crippen LogP contribution in [0.15, 0.2) is 12.1 Å². The normalized spacial score (nSPS) is 23.8. The molecular formula is C13H21NOS2. The van der Waals surface area contributed by atoms with Gasteiger partial charge < -0.3 is 5.11 Å². The first-order chi connectivity index (χ1) is 8.20. The van der Waals surface area contributed by atoms with Crippen molar-refractivity contribution in [3.8, 4) is 0 Å². The van der Waals surface area contributed by atoms with Gasteiger partial charge in [-0.3, -0.25) is 4.90 Å². The molecular weight excluding hydrogens is 250 g/mol. The van der Waals surface area contributed by atoms with Gasteiger partial charge in [0.05, 0.1) is 6.10 Å². The first kappa shape index (κ1) is 13.4. The lowest BCUT2D eigenvalue weighted by Gasteiger charge is -2.35. The van der Waals surface area contributed by atoms with Gasteiger partial charge in [-0.05, 0) is 25.6 Å². The van der Waals surface area contributed by atoms with Crippen LogP contribution in [0.2, 0.25) is 0 Å². The van der Waals surface area contributed by atoms with Gasteiger partial charge in [-0.15, -0.1) is 11.3 Å². The molecule has 2 heterocycles. The van der Waals surface area contributed by atoms with Crippen LogP contribution in [0.25, 0.3) is 0 Å². The monoisotopic (exact) mass is 271 g/mol. The summed E-state index contributed by atoms with van der Waals surface area (Å²) in [7, 11) is 2.12. The van der Waals surface area contributed by atoms with E-state index in [-0.39, 0.29) is 6.10 Å². The molecule has 0 radical (unpaired) electrons. The Morgan fingerprint density at radius 3 is 2.88 bits per heavy atom. The molecule has 2 atom stereocenters. The SMILES string of the molecule is CCc1ccc(CC(O)C2CSCCN2C)s1. The molecule has 1 aliphatic heterocycles. The molecule has 17 heavy (non-hydrogen) atoms. The first-order valence-corrected chi connectivity index (χ1v) is 8.21. The van der Waals surface area contributed by atoms with Crippen LogP contribution in [0, 0.1) is 0 Å². The largest absolute Gasteiger partial charge is 0.391 e. The van der Waals surface area contributed by atoms with Crippen molar-refractivity contribution < 1.29 is 5.11 Å². The summed E-state index contributed by atoms with van der Waals surface area (Å²) in [6.07, 6.45) is 1.68. The van der Waals surface area contributed by atoms with E-state index in [0.717, 1.165) is 25.1 Å². The van der Waals surface area contributed by atoms with Crippen molar-refractivity contribution >= 4 is 23.1 Å². The Kier molecular flexibility index (Phi) is 4.91. The maximum atomic E-state index is 10.3. The van der Waals surface area contributed by atoms with Gasteiger partial charge >= 0.3 is 0 Å². The molecule has 1 aromatic rings. The topological polar surface area (TPSA) is 23.5 Å². The van der Waals surface area contributed by atoms with E-state index in [1.807, 2.05) is 23.1 Å². The van der Waals surface area contributed by atoms with Gasteiger partial charge in [-0.25, -0.2) is 0 Å². The van der Waals surface area contributed by atoms with Gasteiger partial charge in [0.15, 0.2) is 0 Å². The predicted octanol–water partition coefficient (Wildman–Crippen LogP) is 2.26. The summed E-state index contributed by atoms with van der Waals surface area (Å²) in [5.41, 5.74) is 0. The van der Waals surface area contributed by atoms with Gasteiger partial charge in [-0.2, -0.15) is 11.8 Å². The molecule has 0 aliphatic carbocycles. The Hall–Kier alpha value is -0.0300. The third-order valence-electron chi connectivity index (χ3n) is 3.36. The van der Waals surface area contributed by atoms with Crippen LogP contribution in [0.4, 0.5) is 0 Å². The van der Waals surface area contributed by atoms with Crippen LogP contribution in [0.5, 0.6) is 0 Å². The maximum Gasteiger partial charge on any atom is 0.0751 e. The van der Waals surface area contributed by atoms with Gasteiger partial charge in [0.25, 0.3) is 0 Å². The van der Waals surface area contributed by atoms with Gasteiger partial charge in [-0.1, -0.05) is 6.92 Å². The molecule has 0 saturated carbocycles. The number of aryl methyl sites for hydroxylation is 1. The van der Waals surface area contributed by atoms with Crippen molar-refractivity contribution in [3.63, 3.8) is 0 Å². The van der Waals surface area contributed by atoms with Crippen LogP contribution in [-0.2, 0) is 12.8 Å². The minimum atomic E-state index is -0.226. The molecule has 0 aromatic carbocycles. The second kappa shape index (κ2) is 6.23. The van der Waals surface area contributed by atoms with E-state index in [0.29, 0.717) is 6.04 Å². The van der Waals surface area contributed by atoms with Gasteiger partial charge in [0.2, 0.25) is 0 Å². The zero-order valence-corrected chi connectivity index (χ0v) is 12.2. The number of aliphatic hydroxyl groups excluding tert-OH is 1. The molecule has 2 nitrogen and oxygen atoms in total. The van der Waals surface area contributed by atoms with Crippen molar-refractivity contribution in [3.05, 3.63) is 21.9 Å². The molecule has 2 rings (SSSR count). The third-order valence-corrected chi connectivity index (χ3v) is 5.66. The summed E-state index contributed by atoms with van der Waals surface area (Å²) in [5, 5.41) is 10.3. The Morgan fingerprint density at radius 2 is 2.24 bits per heavy atom. The van der Waals surface area contributed by atoms with E-state index in [9.17, 15) is 5.11 Å². The number of thiophene rings is 1. The maximum absolute atomic E-state index is 10.3. The molecule has 1 fully saturated rings. The summed E-state index contributed by atoms with van der Waals surface area (Å²) in [5.74, 6) is 2.25. The molecule has 96 valence electrons. The first-order valence-electron chi connectivity index (χ1n) is 6.24. The van der Waals surface area contributed by atoms with E-state index in [4.69, 9.17) is 0 Å². The van der Waals surface area contributed by atoms with E-state index in [2.05, 4.69) is 31.0 Å². The molecule has 2 unspecified atom stereocenters. The minimum absolute atomic E-state index is 0.226. The molecule has 4 heteroatoms. The molecule has 1 N–H and O–H groups in total. The van der Waals surface area contributed by atoms with Crippen LogP contribution in [0.1, 0.15) is 16.7 Å². The molecule has 0 bridgehead atoms. The van der Waals surface area contributed by atoms with Crippen molar-refractivity contribution in [2.24, 2.45) is 0 Å². The number of nitrogens with zero attached hydrogens (tertiary/aromatic N) is 1. The number of hydrogen-bond donors (Lipinski definition) is 1. The third kappa shape index (κ3) is 3.47. The lowest BCUT2D eigenvalue weighted by molar-refractivity contribution is 0.0769. The van der Waals surface area contributed by atoms with Gasteiger partial charge in [0.1, 0.15) is 0 Å². The summed E-state index contributed by atoms with van der Waals surface area (Å²) in [4.78, 5) is 5.03. The van der Waals surface area contributed by atoms with Crippen LogP contribution < -0.4 is 0 Å². The molecule has 1 saturated heterocycles. The molecule has 1 aromatic heterocycles. The second-order valence-corrected chi connectivity index (χ2v) is 7.02. The highest BCUT2D eigenvalue weighted by Gasteiger charge is 2.26. The average molecular weight is 271 g/mol. The molecule has 0 amide bonds. The Bertz CT molecular complexity index is 353. The van der Waals surface area contributed by atoms with Crippen LogP contribution in [-0.4, -0.2) is 47.3 Å². The average Bonchev–Trinajstić information content (AvgIpc) is 2.77. The van der Waals surface area contributed by atoms with Crippen molar-refractivity contribution in [2.45, 2.75) is 31.9 Å². The fourth-order valence-corrected chi connectivity index (χ4v) is 4.48. The number of thioether (sulfide) groups is 1. The standard InChI is InChI=1S/C13H21NOS2/c1-3-10-4-5-11(17-10)8-13(15)12-9-16-7-6-14(12)2/h4-5,12-13,15H,3,6-9H2,1-2H3. The fraction of sp³-hybridized carbons (Fsp3) is 0.692. The van der Waals surface area contributed by atoms with Crippen LogP contribution in [0.3, 0.4) is 0 Å². The smallest absolute Gasteiger partial charge is 0.0751 e. The lowest BCUT2D eigenvalue weighted by Crippen LogP contribution is -2.47. The van der Waals surface area contributed by atoms with Crippen molar-refractivity contribution in [1.29, 1.82) is 0 Å². The number of rotatable bonds is 4. The summed E-state index contributed by atoms with van der Waals surface area (Å²) < 4.78 is 0. The lowest BCUT2D eigenvalue weighted by atomic mass is 10.1. The fourth-order valence-electron chi connectivity index (χ4n) is 2.17. The summed E-state index contributed by atoms with van der Waals surface area (Å²) in [6.45, 7) is 3.27. The Balaban J connectivity index is 1.93. The van der Waals surface area contributed by atoms with Crippen LogP contribution >= 0.6 is 23.1 Å². The molecule has 0 spiro atoms.